The van der Waals surface area contributed by atoms with E-state index < -0.39 is 35.2 Å². The normalized spacial score (nSPS) is 11.8. The molecule has 22 heavy (non-hydrogen) atoms. The van der Waals surface area contributed by atoms with Gasteiger partial charge in [0.05, 0.1) is 19.1 Å². The lowest BCUT2D eigenvalue weighted by molar-refractivity contribution is -0.484. The van der Waals surface area contributed by atoms with Crippen LogP contribution in [-0.2, 0) is 19.1 Å². The maximum atomic E-state index is 12.1. The van der Waals surface area contributed by atoms with E-state index in [2.05, 4.69) is 0 Å². The predicted molar refractivity (Wildman–Crippen MR) is 77.8 cm³/mol. The average molecular weight is 309 g/mol. The third-order valence-electron chi connectivity index (χ3n) is 3.06. The minimum Gasteiger partial charge on any atom is -0.465 e. The molecule has 7 nitrogen and oxygen atoms in total. The summed E-state index contributed by atoms with van der Waals surface area (Å²) in [5, 5.41) is 10.9. The highest BCUT2D eigenvalue weighted by atomic mass is 16.6. The molecule has 0 aromatic heterocycles. The second-order valence-corrected chi connectivity index (χ2v) is 4.51. The van der Waals surface area contributed by atoms with Crippen molar-refractivity contribution >= 4 is 11.9 Å². The summed E-state index contributed by atoms with van der Waals surface area (Å²) in [6, 6.07) is 8.40. The largest absolute Gasteiger partial charge is 0.465 e. The third kappa shape index (κ3) is 4.83. The second kappa shape index (κ2) is 8.76. The van der Waals surface area contributed by atoms with E-state index >= 15 is 0 Å². The number of hydrogen-bond donors (Lipinski definition) is 0. The van der Waals surface area contributed by atoms with Gasteiger partial charge in [-0.3, -0.25) is 19.7 Å². The number of esters is 2. The summed E-state index contributed by atoms with van der Waals surface area (Å²) in [6.07, 6.45) is 0. The molecule has 0 heterocycles. The molecular weight excluding hydrogens is 290 g/mol. The number of nitro groups is 1. The summed E-state index contributed by atoms with van der Waals surface area (Å²) in [4.78, 5) is 34.6. The number of rotatable bonds is 8. The Kier molecular flexibility index (Phi) is 7.01. The highest BCUT2D eigenvalue weighted by molar-refractivity contribution is 5.96. The second-order valence-electron chi connectivity index (χ2n) is 4.51. The molecule has 0 spiro atoms. The van der Waals surface area contributed by atoms with Gasteiger partial charge in [-0.2, -0.15) is 0 Å². The standard InChI is InChI=1S/C15H19NO6/c1-3-21-14(17)13(15(18)22-4-2)12(10-16(19)20)11-8-6-5-7-9-11/h5-9,12-13H,3-4,10H2,1-2H3/t12-/m0/s1. The number of carbonyl (C=O) groups is 2. The van der Waals surface area contributed by atoms with E-state index in [0.717, 1.165) is 0 Å². The lowest BCUT2D eigenvalue weighted by Crippen LogP contribution is -2.36. The third-order valence-corrected chi connectivity index (χ3v) is 3.06. The molecule has 0 unspecified atom stereocenters. The van der Waals surface area contributed by atoms with Crippen LogP contribution in [0.5, 0.6) is 0 Å². The fraction of sp³-hybridized carbons (Fsp3) is 0.467. The van der Waals surface area contributed by atoms with Gasteiger partial charge in [0.2, 0.25) is 6.54 Å². The molecule has 1 atom stereocenters. The van der Waals surface area contributed by atoms with Gasteiger partial charge < -0.3 is 9.47 Å². The van der Waals surface area contributed by atoms with Crippen molar-refractivity contribution < 1.29 is 24.0 Å². The minimum atomic E-state index is -1.35. The zero-order chi connectivity index (χ0) is 16.5. The summed E-state index contributed by atoms with van der Waals surface area (Å²) in [6.45, 7) is 2.80. The van der Waals surface area contributed by atoms with Crippen molar-refractivity contribution in [1.82, 2.24) is 0 Å². The number of nitrogens with zero attached hydrogens (tertiary/aromatic N) is 1. The van der Waals surface area contributed by atoms with E-state index in [0.29, 0.717) is 5.56 Å². The molecule has 7 heteroatoms. The molecule has 0 bridgehead atoms. The van der Waals surface area contributed by atoms with Crippen LogP contribution in [0.1, 0.15) is 25.3 Å². The van der Waals surface area contributed by atoms with Crippen molar-refractivity contribution in [2.45, 2.75) is 19.8 Å². The van der Waals surface area contributed by atoms with Crippen LogP contribution in [0.2, 0.25) is 0 Å². The maximum Gasteiger partial charge on any atom is 0.321 e. The molecule has 0 fully saturated rings. The van der Waals surface area contributed by atoms with E-state index in [9.17, 15) is 19.7 Å². The highest BCUT2D eigenvalue weighted by Crippen LogP contribution is 2.27. The Bertz CT molecular complexity index is 498. The molecule has 0 aliphatic rings. The van der Waals surface area contributed by atoms with Crippen LogP contribution in [0.15, 0.2) is 30.3 Å². The van der Waals surface area contributed by atoms with Gasteiger partial charge in [-0.15, -0.1) is 0 Å². The van der Waals surface area contributed by atoms with Crippen LogP contribution in [0.4, 0.5) is 0 Å². The molecular formula is C15H19NO6. The summed E-state index contributed by atoms with van der Waals surface area (Å²) in [5.41, 5.74) is 0.519. The van der Waals surface area contributed by atoms with Crippen LogP contribution < -0.4 is 0 Å². The lowest BCUT2D eigenvalue weighted by atomic mass is 9.86. The van der Waals surface area contributed by atoms with E-state index in [-0.39, 0.29) is 13.2 Å². The molecule has 1 aromatic rings. The van der Waals surface area contributed by atoms with Gasteiger partial charge in [0.15, 0.2) is 5.92 Å². The SMILES string of the molecule is CCOC(=O)C(C(=O)OCC)[C@@H](C[N+](=O)[O-])c1ccccc1. The molecule has 0 saturated heterocycles. The van der Waals surface area contributed by atoms with E-state index in [1.54, 1.807) is 44.2 Å². The Balaban J connectivity index is 3.20. The topological polar surface area (TPSA) is 95.7 Å². The molecule has 0 saturated carbocycles. The Hall–Kier alpha value is -2.44. The number of ether oxygens (including phenoxy) is 2. The van der Waals surface area contributed by atoms with Gasteiger partial charge >= 0.3 is 11.9 Å². The van der Waals surface area contributed by atoms with Crippen molar-refractivity contribution in [2.75, 3.05) is 19.8 Å². The van der Waals surface area contributed by atoms with Crippen molar-refractivity contribution in [3.8, 4) is 0 Å². The Labute approximate surface area is 128 Å². The number of hydrogen-bond acceptors (Lipinski definition) is 6. The first-order valence-corrected chi connectivity index (χ1v) is 7.01. The molecule has 0 N–H and O–H groups in total. The zero-order valence-electron chi connectivity index (χ0n) is 12.6. The fourth-order valence-corrected chi connectivity index (χ4v) is 2.15. The quantitative estimate of drug-likeness (QED) is 0.314. The predicted octanol–water partition coefficient (Wildman–Crippen LogP) is 1.79. The zero-order valence-corrected chi connectivity index (χ0v) is 12.6. The first-order valence-electron chi connectivity index (χ1n) is 7.01. The van der Waals surface area contributed by atoms with Crippen molar-refractivity contribution in [3.05, 3.63) is 46.0 Å². The van der Waals surface area contributed by atoms with Gasteiger partial charge in [-0.05, 0) is 19.4 Å². The summed E-state index contributed by atoms with van der Waals surface area (Å²) >= 11 is 0. The van der Waals surface area contributed by atoms with Crippen LogP contribution in [0, 0.1) is 16.0 Å². The van der Waals surface area contributed by atoms with Crippen LogP contribution in [0.3, 0.4) is 0 Å². The molecule has 0 aliphatic heterocycles. The number of carbonyl (C=O) groups excluding carboxylic acids is 2. The maximum absolute atomic E-state index is 12.1. The lowest BCUT2D eigenvalue weighted by Gasteiger charge is -2.21. The summed E-state index contributed by atoms with van der Waals surface area (Å²) < 4.78 is 9.79. The van der Waals surface area contributed by atoms with Crippen LogP contribution in [0.25, 0.3) is 0 Å². The Morgan fingerprint density at radius 1 is 1.09 bits per heavy atom. The van der Waals surface area contributed by atoms with E-state index in [1.165, 1.54) is 0 Å². The van der Waals surface area contributed by atoms with Gasteiger partial charge in [0.1, 0.15) is 0 Å². The Morgan fingerprint density at radius 3 is 2.00 bits per heavy atom. The first kappa shape index (κ1) is 17.6. The van der Waals surface area contributed by atoms with Gasteiger partial charge in [0.25, 0.3) is 0 Å². The van der Waals surface area contributed by atoms with Crippen molar-refractivity contribution in [2.24, 2.45) is 5.92 Å². The molecule has 1 aromatic carbocycles. The molecule has 1 rings (SSSR count). The van der Waals surface area contributed by atoms with Gasteiger partial charge in [-0.25, -0.2) is 0 Å². The van der Waals surface area contributed by atoms with E-state index in [1.807, 2.05) is 0 Å². The van der Waals surface area contributed by atoms with Crippen LogP contribution >= 0.6 is 0 Å². The minimum absolute atomic E-state index is 0.0781. The smallest absolute Gasteiger partial charge is 0.321 e. The summed E-state index contributed by atoms with van der Waals surface area (Å²) in [7, 11) is 0. The van der Waals surface area contributed by atoms with Crippen molar-refractivity contribution in [3.63, 3.8) is 0 Å². The van der Waals surface area contributed by atoms with Crippen LogP contribution in [-0.4, -0.2) is 36.6 Å². The highest BCUT2D eigenvalue weighted by Gasteiger charge is 2.41. The molecule has 120 valence electrons. The first-order chi connectivity index (χ1) is 10.5. The molecule has 0 aliphatic carbocycles. The van der Waals surface area contributed by atoms with Crippen molar-refractivity contribution in [1.29, 1.82) is 0 Å². The van der Waals surface area contributed by atoms with E-state index in [4.69, 9.17) is 9.47 Å². The molecule has 0 amide bonds. The monoisotopic (exact) mass is 309 g/mol. The number of benzene rings is 1. The summed E-state index contributed by atoms with van der Waals surface area (Å²) in [5.74, 6) is -3.91. The van der Waals surface area contributed by atoms with Gasteiger partial charge in [-0.1, -0.05) is 30.3 Å². The molecule has 0 radical (unpaired) electrons. The fourth-order valence-electron chi connectivity index (χ4n) is 2.15. The Morgan fingerprint density at radius 2 is 1.59 bits per heavy atom. The van der Waals surface area contributed by atoms with Gasteiger partial charge in [0, 0.05) is 4.92 Å². The average Bonchev–Trinajstić information content (AvgIpc) is 2.47.